The van der Waals surface area contributed by atoms with Crippen LogP contribution in [0.25, 0.3) is 11.2 Å². The van der Waals surface area contributed by atoms with Gasteiger partial charge in [-0.3, -0.25) is 0 Å². The lowest BCUT2D eigenvalue weighted by molar-refractivity contribution is 0.300. The van der Waals surface area contributed by atoms with Gasteiger partial charge >= 0.3 is 0 Å². The van der Waals surface area contributed by atoms with Crippen molar-refractivity contribution in [3.8, 4) is 0 Å². The average molecular weight is 259 g/mol. The summed E-state index contributed by atoms with van der Waals surface area (Å²) in [7, 11) is 3.85. The van der Waals surface area contributed by atoms with Crippen LogP contribution in [0.4, 0.5) is 5.82 Å². The summed E-state index contributed by atoms with van der Waals surface area (Å²) in [4.78, 5) is 14.8. The number of nitrogens with zero attached hydrogens (tertiary/aromatic N) is 7. The second kappa shape index (κ2) is 4.30. The third kappa shape index (κ3) is 1.90. The average Bonchev–Trinajstić information content (AvgIpc) is 2.97. The molecule has 0 unspecified atom stereocenters. The van der Waals surface area contributed by atoms with E-state index >= 15 is 0 Å². The monoisotopic (exact) mass is 259 g/mol. The van der Waals surface area contributed by atoms with Gasteiger partial charge in [-0.05, 0) is 6.92 Å². The molecule has 0 aliphatic heterocycles. The van der Waals surface area contributed by atoms with Crippen molar-refractivity contribution >= 4 is 17.0 Å². The second-order valence-electron chi connectivity index (χ2n) is 4.43. The number of rotatable bonds is 3. The van der Waals surface area contributed by atoms with E-state index in [4.69, 9.17) is 4.63 Å². The first kappa shape index (κ1) is 11.6. The molecule has 0 atom stereocenters. The predicted octanol–water partition coefficient (Wildman–Crippen LogP) is 0.632. The van der Waals surface area contributed by atoms with Gasteiger partial charge in [-0.1, -0.05) is 10.3 Å². The van der Waals surface area contributed by atoms with Crippen LogP contribution < -0.4 is 4.90 Å². The van der Waals surface area contributed by atoms with Gasteiger partial charge in [0.2, 0.25) is 0 Å². The van der Waals surface area contributed by atoms with E-state index in [1.165, 1.54) is 6.33 Å². The molecular formula is C11H13N7O. The molecule has 0 fully saturated rings. The zero-order chi connectivity index (χ0) is 13.4. The van der Waals surface area contributed by atoms with Gasteiger partial charge in [0.15, 0.2) is 17.0 Å². The van der Waals surface area contributed by atoms with Gasteiger partial charge in [0.05, 0.1) is 12.9 Å². The number of aromatic nitrogens is 6. The van der Waals surface area contributed by atoms with E-state index < -0.39 is 0 Å². The summed E-state index contributed by atoms with van der Waals surface area (Å²) in [5, 5.41) is 7.63. The largest absolute Gasteiger partial charge is 0.361 e. The number of fused-ring (bicyclic) bond motifs is 1. The molecule has 3 aromatic heterocycles. The Balaban J connectivity index is 2.06. The van der Waals surface area contributed by atoms with E-state index in [-0.39, 0.29) is 0 Å². The minimum Gasteiger partial charge on any atom is -0.361 e. The topological polar surface area (TPSA) is 85.8 Å². The molecule has 8 nitrogen and oxygen atoms in total. The molecule has 0 spiro atoms. The molecule has 3 rings (SSSR count). The molecule has 3 heterocycles. The highest BCUT2D eigenvalue weighted by Crippen LogP contribution is 2.20. The van der Waals surface area contributed by atoms with Crippen molar-refractivity contribution in [2.24, 2.45) is 0 Å². The van der Waals surface area contributed by atoms with E-state index in [1.807, 2.05) is 30.5 Å². The molecule has 0 radical (unpaired) electrons. The van der Waals surface area contributed by atoms with Gasteiger partial charge in [-0.25, -0.2) is 19.6 Å². The number of imidazole rings is 1. The first-order valence-corrected chi connectivity index (χ1v) is 5.78. The van der Waals surface area contributed by atoms with Crippen molar-refractivity contribution in [2.45, 2.75) is 13.5 Å². The van der Waals surface area contributed by atoms with Gasteiger partial charge in [0.1, 0.15) is 17.7 Å². The minimum atomic E-state index is 0.524. The predicted molar refractivity (Wildman–Crippen MR) is 67.8 cm³/mol. The highest BCUT2D eigenvalue weighted by atomic mass is 16.6. The second-order valence-corrected chi connectivity index (χ2v) is 4.43. The van der Waals surface area contributed by atoms with Crippen molar-refractivity contribution in [3.05, 3.63) is 24.0 Å². The fraction of sp³-hybridized carbons (Fsp3) is 0.364. The normalized spacial score (nSPS) is 11.1. The lowest BCUT2D eigenvalue weighted by Gasteiger charge is -2.10. The van der Waals surface area contributed by atoms with Crippen LogP contribution in [0.2, 0.25) is 0 Å². The molecule has 0 aromatic carbocycles. The summed E-state index contributed by atoms with van der Waals surface area (Å²) in [6.07, 6.45) is 3.25. The standard InChI is InChI=1S/C11H13N7O/c1-7-8(16-19-15-7)4-18-6-14-9-10(17(2)3)12-5-13-11(9)18/h5-6H,4H2,1-3H3. The Morgan fingerprint density at radius 1 is 1.21 bits per heavy atom. The van der Waals surface area contributed by atoms with Crippen molar-refractivity contribution in [3.63, 3.8) is 0 Å². The van der Waals surface area contributed by atoms with Gasteiger partial charge in [-0.2, -0.15) is 0 Å². The van der Waals surface area contributed by atoms with Crippen molar-refractivity contribution < 1.29 is 4.63 Å². The molecule has 0 saturated carbocycles. The van der Waals surface area contributed by atoms with E-state index in [9.17, 15) is 0 Å². The number of hydrogen-bond acceptors (Lipinski definition) is 7. The molecule has 0 aliphatic rings. The summed E-state index contributed by atoms with van der Waals surface area (Å²) in [6.45, 7) is 2.38. The summed E-state index contributed by atoms with van der Waals surface area (Å²) in [5.41, 5.74) is 3.07. The molecule has 3 aromatic rings. The molecule has 0 aliphatic carbocycles. The summed E-state index contributed by atoms with van der Waals surface area (Å²) < 4.78 is 6.59. The van der Waals surface area contributed by atoms with Crippen LogP contribution in [0, 0.1) is 6.92 Å². The van der Waals surface area contributed by atoms with Crippen molar-refractivity contribution in [1.29, 1.82) is 0 Å². The van der Waals surface area contributed by atoms with E-state index in [1.54, 1.807) is 6.33 Å². The quantitative estimate of drug-likeness (QED) is 0.681. The molecule has 0 bridgehead atoms. The van der Waals surface area contributed by atoms with Gasteiger partial charge in [0.25, 0.3) is 0 Å². The molecule has 98 valence electrons. The highest BCUT2D eigenvalue weighted by Gasteiger charge is 2.13. The Morgan fingerprint density at radius 3 is 2.74 bits per heavy atom. The molecule has 19 heavy (non-hydrogen) atoms. The summed E-state index contributed by atoms with van der Waals surface area (Å²) >= 11 is 0. The van der Waals surface area contributed by atoms with Crippen molar-refractivity contribution in [2.75, 3.05) is 19.0 Å². The first-order chi connectivity index (χ1) is 9.16. The van der Waals surface area contributed by atoms with Crippen LogP contribution in [-0.2, 0) is 6.54 Å². The van der Waals surface area contributed by atoms with E-state index in [0.717, 1.165) is 28.4 Å². The van der Waals surface area contributed by atoms with E-state index in [2.05, 4.69) is 25.3 Å². The van der Waals surface area contributed by atoms with Crippen LogP contribution in [0.3, 0.4) is 0 Å². The summed E-state index contributed by atoms with van der Waals surface area (Å²) in [5.74, 6) is 0.791. The van der Waals surface area contributed by atoms with Crippen molar-refractivity contribution in [1.82, 2.24) is 29.8 Å². The number of aryl methyl sites for hydroxylation is 1. The third-order valence-electron chi connectivity index (χ3n) is 2.87. The zero-order valence-electron chi connectivity index (χ0n) is 10.9. The van der Waals surface area contributed by atoms with Gasteiger partial charge < -0.3 is 9.47 Å². The molecule has 0 amide bonds. The minimum absolute atomic E-state index is 0.524. The fourth-order valence-corrected chi connectivity index (χ4v) is 1.87. The number of anilines is 1. The molecule has 0 saturated heterocycles. The maximum Gasteiger partial charge on any atom is 0.165 e. The lowest BCUT2D eigenvalue weighted by atomic mass is 10.3. The Kier molecular flexibility index (Phi) is 2.62. The van der Waals surface area contributed by atoms with Crippen LogP contribution in [0.15, 0.2) is 17.3 Å². The fourth-order valence-electron chi connectivity index (χ4n) is 1.87. The lowest BCUT2D eigenvalue weighted by Crippen LogP contribution is -2.11. The van der Waals surface area contributed by atoms with Crippen LogP contribution in [0.5, 0.6) is 0 Å². The maximum absolute atomic E-state index is 4.69. The van der Waals surface area contributed by atoms with E-state index in [0.29, 0.717) is 6.54 Å². The Morgan fingerprint density at radius 2 is 2.05 bits per heavy atom. The maximum atomic E-state index is 4.69. The Labute approximate surface area is 109 Å². The zero-order valence-corrected chi connectivity index (χ0v) is 10.9. The van der Waals surface area contributed by atoms with Crippen LogP contribution >= 0.6 is 0 Å². The Bertz CT molecular complexity index is 715. The summed E-state index contributed by atoms with van der Waals surface area (Å²) in [6, 6.07) is 0. The van der Waals surface area contributed by atoms with Crippen LogP contribution in [-0.4, -0.2) is 43.9 Å². The highest BCUT2D eigenvalue weighted by molar-refractivity contribution is 5.83. The Hall–Kier alpha value is -2.51. The molecular weight excluding hydrogens is 246 g/mol. The molecule has 0 N–H and O–H groups in total. The third-order valence-corrected chi connectivity index (χ3v) is 2.87. The number of hydrogen-bond donors (Lipinski definition) is 0. The van der Waals surface area contributed by atoms with Gasteiger partial charge in [0, 0.05) is 14.1 Å². The smallest absolute Gasteiger partial charge is 0.165 e. The SMILES string of the molecule is Cc1nonc1Cn1cnc2c(N(C)C)ncnc21. The van der Waals surface area contributed by atoms with Crippen LogP contribution in [0.1, 0.15) is 11.4 Å². The first-order valence-electron chi connectivity index (χ1n) is 5.78. The van der Waals surface area contributed by atoms with Gasteiger partial charge in [-0.15, -0.1) is 0 Å². The molecule has 8 heteroatoms.